The third kappa shape index (κ3) is 4.72. The third-order valence-corrected chi connectivity index (χ3v) is 7.29. The van der Waals surface area contributed by atoms with Crippen LogP contribution in [0.25, 0.3) is 0 Å². The Morgan fingerprint density at radius 3 is 2.61 bits per heavy atom. The summed E-state index contributed by atoms with van der Waals surface area (Å²) in [5.41, 5.74) is 0.350. The zero-order chi connectivity index (χ0) is 20.0. The number of carbonyl (C=O) groups is 1. The SMILES string of the molecule is N#CCCN(C(=O)c1cccc(S(=O)(=O)N2CCCCC2)c1)C1CCOCC1. The number of amides is 1. The molecule has 28 heavy (non-hydrogen) atoms. The number of hydrogen-bond acceptors (Lipinski definition) is 5. The van der Waals surface area contributed by atoms with Gasteiger partial charge < -0.3 is 9.64 Å². The van der Waals surface area contributed by atoms with Gasteiger partial charge in [0.25, 0.3) is 5.91 Å². The minimum atomic E-state index is -3.60. The van der Waals surface area contributed by atoms with Crippen LogP contribution in [0.15, 0.2) is 29.2 Å². The van der Waals surface area contributed by atoms with E-state index >= 15 is 0 Å². The second-order valence-electron chi connectivity index (χ2n) is 7.24. The van der Waals surface area contributed by atoms with Gasteiger partial charge in [0.2, 0.25) is 10.0 Å². The highest BCUT2D eigenvalue weighted by molar-refractivity contribution is 7.89. The second-order valence-corrected chi connectivity index (χ2v) is 9.18. The first kappa shape index (κ1) is 20.8. The van der Waals surface area contributed by atoms with Gasteiger partial charge in [-0.05, 0) is 43.9 Å². The second kappa shape index (κ2) is 9.50. The zero-order valence-corrected chi connectivity index (χ0v) is 16.9. The van der Waals surface area contributed by atoms with Gasteiger partial charge in [0.15, 0.2) is 0 Å². The molecule has 7 nitrogen and oxygen atoms in total. The molecule has 0 spiro atoms. The molecule has 0 atom stereocenters. The van der Waals surface area contributed by atoms with Crippen molar-refractivity contribution >= 4 is 15.9 Å². The van der Waals surface area contributed by atoms with Gasteiger partial charge in [-0.2, -0.15) is 9.57 Å². The average molecular weight is 406 g/mol. The number of nitriles is 1. The van der Waals surface area contributed by atoms with Crippen molar-refractivity contribution in [2.24, 2.45) is 0 Å². The van der Waals surface area contributed by atoms with E-state index in [1.807, 2.05) is 0 Å². The summed E-state index contributed by atoms with van der Waals surface area (Å²) in [6, 6.07) is 8.40. The smallest absolute Gasteiger partial charge is 0.254 e. The van der Waals surface area contributed by atoms with Crippen LogP contribution in [-0.4, -0.2) is 62.4 Å². The summed E-state index contributed by atoms with van der Waals surface area (Å²) in [5, 5.41) is 8.96. The number of sulfonamides is 1. The van der Waals surface area contributed by atoms with Crippen LogP contribution >= 0.6 is 0 Å². The topological polar surface area (TPSA) is 90.7 Å². The van der Waals surface area contributed by atoms with E-state index in [1.54, 1.807) is 23.1 Å². The maximum Gasteiger partial charge on any atom is 0.254 e. The molecule has 2 aliphatic heterocycles. The van der Waals surface area contributed by atoms with E-state index in [-0.39, 0.29) is 23.3 Å². The number of hydrogen-bond donors (Lipinski definition) is 0. The van der Waals surface area contributed by atoms with Crippen molar-refractivity contribution in [2.45, 2.75) is 49.5 Å². The molecule has 1 amide bonds. The Kier molecular flexibility index (Phi) is 7.05. The lowest BCUT2D eigenvalue weighted by Crippen LogP contribution is -2.44. The largest absolute Gasteiger partial charge is 0.381 e. The molecule has 0 N–H and O–H groups in total. The Labute approximate surface area is 166 Å². The first-order valence-electron chi connectivity index (χ1n) is 9.90. The molecule has 152 valence electrons. The Balaban J connectivity index is 1.84. The van der Waals surface area contributed by atoms with Crippen LogP contribution in [0.4, 0.5) is 0 Å². The molecule has 0 aliphatic carbocycles. The number of rotatable bonds is 6. The van der Waals surface area contributed by atoms with Crippen LogP contribution in [0, 0.1) is 11.3 Å². The van der Waals surface area contributed by atoms with Crippen molar-refractivity contribution in [2.75, 3.05) is 32.8 Å². The molecule has 0 aromatic heterocycles. The van der Waals surface area contributed by atoms with Crippen LogP contribution in [0.2, 0.25) is 0 Å². The van der Waals surface area contributed by atoms with Crippen molar-refractivity contribution in [3.63, 3.8) is 0 Å². The summed E-state index contributed by atoms with van der Waals surface area (Å²) in [6.45, 7) is 2.56. The minimum Gasteiger partial charge on any atom is -0.381 e. The minimum absolute atomic E-state index is 0.0111. The molecule has 2 fully saturated rings. The van der Waals surface area contributed by atoms with Crippen LogP contribution in [0.1, 0.15) is 48.9 Å². The maximum absolute atomic E-state index is 13.2. The van der Waals surface area contributed by atoms with Crippen LogP contribution in [0.3, 0.4) is 0 Å². The first-order valence-corrected chi connectivity index (χ1v) is 11.3. The van der Waals surface area contributed by atoms with Crippen molar-refractivity contribution in [3.8, 4) is 6.07 Å². The van der Waals surface area contributed by atoms with E-state index in [0.717, 1.165) is 32.1 Å². The van der Waals surface area contributed by atoms with Gasteiger partial charge in [-0.3, -0.25) is 4.79 Å². The molecular weight excluding hydrogens is 378 g/mol. The molecule has 0 saturated carbocycles. The molecule has 8 heteroatoms. The van der Waals surface area contributed by atoms with E-state index in [2.05, 4.69) is 6.07 Å². The van der Waals surface area contributed by atoms with E-state index in [1.165, 1.54) is 10.4 Å². The van der Waals surface area contributed by atoms with E-state index in [4.69, 9.17) is 10.00 Å². The Hall–Kier alpha value is -1.95. The molecule has 3 rings (SSSR count). The highest BCUT2D eigenvalue weighted by Gasteiger charge is 2.29. The number of piperidine rings is 1. The summed E-state index contributed by atoms with van der Waals surface area (Å²) < 4.78 is 32.8. The average Bonchev–Trinajstić information content (AvgIpc) is 2.75. The number of nitrogens with zero attached hydrogens (tertiary/aromatic N) is 3. The molecule has 0 bridgehead atoms. The molecule has 1 aromatic carbocycles. The summed E-state index contributed by atoms with van der Waals surface area (Å²) in [5.74, 6) is -0.224. The van der Waals surface area contributed by atoms with Crippen molar-refractivity contribution in [3.05, 3.63) is 29.8 Å². The summed E-state index contributed by atoms with van der Waals surface area (Å²) in [7, 11) is -3.60. The predicted octanol–water partition coefficient (Wildman–Crippen LogP) is 2.40. The standard InChI is InChI=1S/C20H27N3O4S/c21-10-5-13-23(18-8-14-27-15-9-18)20(24)17-6-4-7-19(16-17)28(25,26)22-11-2-1-3-12-22/h4,6-7,16,18H,1-3,5,8-9,11-15H2. The van der Waals surface area contributed by atoms with Gasteiger partial charge >= 0.3 is 0 Å². The lowest BCUT2D eigenvalue weighted by Gasteiger charge is -2.34. The van der Waals surface area contributed by atoms with Gasteiger partial charge in [-0.25, -0.2) is 8.42 Å². The Morgan fingerprint density at radius 2 is 1.93 bits per heavy atom. The monoisotopic (exact) mass is 405 g/mol. The summed E-state index contributed by atoms with van der Waals surface area (Å²) in [6.07, 6.45) is 4.47. The van der Waals surface area contributed by atoms with Crippen LogP contribution in [0.5, 0.6) is 0 Å². The predicted molar refractivity (Wildman–Crippen MR) is 104 cm³/mol. The fourth-order valence-corrected chi connectivity index (χ4v) is 5.39. The number of benzene rings is 1. The van der Waals surface area contributed by atoms with E-state index in [0.29, 0.717) is 38.4 Å². The normalized spacial score (nSPS) is 19.1. The van der Waals surface area contributed by atoms with Crippen molar-refractivity contribution in [1.29, 1.82) is 5.26 Å². The molecule has 1 aromatic rings. The fraction of sp³-hybridized carbons (Fsp3) is 0.600. The van der Waals surface area contributed by atoms with Crippen molar-refractivity contribution < 1.29 is 17.9 Å². The zero-order valence-electron chi connectivity index (χ0n) is 16.0. The third-order valence-electron chi connectivity index (χ3n) is 5.39. The van der Waals surface area contributed by atoms with Gasteiger partial charge in [0.1, 0.15) is 0 Å². The summed E-state index contributed by atoms with van der Waals surface area (Å²) >= 11 is 0. The summed E-state index contributed by atoms with van der Waals surface area (Å²) in [4.78, 5) is 15.0. The maximum atomic E-state index is 13.2. The molecule has 2 saturated heterocycles. The molecular formula is C20H27N3O4S. The lowest BCUT2D eigenvalue weighted by molar-refractivity contribution is 0.0296. The molecule has 2 aliphatic rings. The number of ether oxygens (including phenoxy) is 1. The van der Waals surface area contributed by atoms with Crippen LogP contribution in [-0.2, 0) is 14.8 Å². The van der Waals surface area contributed by atoms with E-state index in [9.17, 15) is 13.2 Å². The van der Waals surface area contributed by atoms with Gasteiger partial charge in [-0.15, -0.1) is 0 Å². The quantitative estimate of drug-likeness (QED) is 0.725. The van der Waals surface area contributed by atoms with Crippen LogP contribution < -0.4 is 0 Å². The molecule has 2 heterocycles. The number of carbonyl (C=O) groups excluding carboxylic acids is 1. The molecule has 0 unspecified atom stereocenters. The fourth-order valence-electron chi connectivity index (χ4n) is 3.83. The first-order chi connectivity index (χ1) is 13.5. The highest BCUT2D eigenvalue weighted by atomic mass is 32.2. The highest BCUT2D eigenvalue weighted by Crippen LogP contribution is 2.23. The van der Waals surface area contributed by atoms with Gasteiger partial charge in [0, 0.05) is 44.5 Å². The van der Waals surface area contributed by atoms with Gasteiger partial charge in [0.05, 0.1) is 17.4 Å². The molecule has 0 radical (unpaired) electrons. The Morgan fingerprint density at radius 1 is 1.21 bits per heavy atom. The van der Waals surface area contributed by atoms with Gasteiger partial charge in [-0.1, -0.05) is 12.5 Å². The lowest BCUT2D eigenvalue weighted by atomic mass is 10.0. The van der Waals surface area contributed by atoms with E-state index < -0.39 is 10.0 Å². The Bertz CT molecular complexity index is 822. The van der Waals surface area contributed by atoms with Crippen molar-refractivity contribution in [1.82, 2.24) is 9.21 Å².